The summed E-state index contributed by atoms with van der Waals surface area (Å²) < 4.78 is 49.0. The van der Waals surface area contributed by atoms with Crippen LogP contribution < -0.4 is 15.8 Å². The second-order valence-electron chi connectivity index (χ2n) is 6.73. The summed E-state index contributed by atoms with van der Waals surface area (Å²) in [4.78, 5) is 34.6. The Morgan fingerprint density at radius 3 is 2.50 bits per heavy atom. The number of fused-ring (bicyclic) bond motifs is 1. The number of ether oxygens (including phenoxy) is 2. The lowest BCUT2D eigenvalue weighted by Crippen LogP contribution is -2.31. The van der Waals surface area contributed by atoms with E-state index in [9.17, 15) is 27.6 Å². The lowest BCUT2D eigenvalue weighted by atomic mass is 9.92. The number of esters is 1. The molecule has 1 unspecified atom stereocenters. The number of rotatable bonds is 7. The predicted octanol–water partition coefficient (Wildman–Crippen LogP) is 2.99. The molecule has 0 fully saturated rings. The van der Waals surface area contributed by atoms with E-state index in [0.29, 0.717) is 11.1 Å². The molecule has 0 saturated carbocycles. The van der Waals surface area contributed by atoms with Crippen molar-refractivity contribution in [1.82, 2.24) is 0 Å². The number of cyclic esters (lactones) is 1. The van der Waals surface area contributed by atoms with Gasteiger partial charge >= 0.3 is 24.0 Å². The summed E-state index contributed by atoms with van der Waals surface area (Å²) in [6, 6.07) is 0. The number of hydrogen-bond donors (Lipinski definition) is 3. The van der Waals surface area contributed by atoms with Crippen LogP contribution in [0.3, 0.4) is 0 Å². The minimum absolute atomic E-state index is 0.0290. The van der Waals surface area contributed by atoms with E-state index in [1.54, 1.807) is 25.2 Å². The molecule has 30 heavy (non-hydrogen) atoms. The maximum absolute atomic E-state index is 12.9. The van der Waals surface area contributed by atoms with Crippen molar-refractivity contribution in [2.75, 3.05) is 12.4 Å². The third-order valence-electron chi connectivity index (χ3n) is 4.65. The lowest BCUT2D eigenvalue weighted by Gasteiger charge is -2.20. The molecule has 1 aliphatic heterocycles. The molecule has 1 aliphatic rings. The average molecular weight is 430 g/mol. The molecular formula is C19H21F3N2O6. The molecule has 0 aromatic heterocycles. The third kappa shape index (κ3) is 4.73. The molecule has 8 nitrogen and oxygen atoms in total. The normalized spacial score (nSPS) is 16.2. The topological polar surface area (TPSA) is 128 Å². The van der Waals surface area contributed by atoms with E-state index < -0.39 is 35.9 Å². The molecule has 1 amide bonds. The van der Waals surface area contributed by atoms with Crippen molar-refractivity contribution in [3.63, 3.8) is 0 Å². The predicted molar refractivity (Wildman–Crippen MR) is 99.1 cm³/mol. The molecular weight excluding hydrogens is 409 g/mol. The Kier molecular flexibility index (Phi) is 6.76. The monoisotopic (exact) mass is 430 g/mol. The minimum atomic E-state index is -5.19. The Balaban J connectivity index is 2.63. The summed E-state index contributed by atoms with van der Waals surface area (Å²) in [6.07, 6.45) is -4.75. The maximum Gasteiger partial charge on any atom is 0.471 e. The van der Waals surface area contributed by atoms with Crippen LogP contribution in [0.25, 0.3) is 0 Å². The Hall–Kier alpha value is -3.08. The van der Waals surface area contributed by atoms with Crippen LogP contribution in [0.4, 0.5) is 18.9 Å². The molecule has 1 aromatic rings. The number of alkyl halides is 3. The van der Waals surface area contributed by atoms with Gasteiger partial charge in [-0.05, 0) is 26.7 Å². The van der Waals surface area contributed by atoms with E-state index >= 15 is 0 Å². The van der Waals surface area contributed by atoms with E-state index in [0.717, 1.165) is 0 Å². The fourth-order valence-corrected chi connectivity index (χ4v) is 3.21. The van der Waals surface area contributed by atoms with Crippen molar-refractivity contribution in [2.24, 2.45) is 5.73 Å². The van der Waals surface area contributed by atoms with Gasteiger partial charge in [0.1, 0.15) is 5.75 Å². The van der Waals surface area contributed by atoms with E-state index in [2.05, 4.69) is 0 Å². The molecule has 0 saturated heterocycles. The van der Waals surface area contributed by atoms with Gasteiger partial charge in [0, 0.05) is 23.1 Å². The largest absolute Gasteiger partial charge is 0.496 e. The molecule has 0 aliphatic carbocycles. The third-order valence-corrected chi connectivity index (χ3v) is 4.65. The molecule has 1 aromatic carbocycles. The first-order valence-corrected chi connectivity index (χ1v) is 8.83. The van der Waals surface area contributed by atoms with Gasteiger partial charge in [-0.2, -0.15) is 13.2 Å². The highest BCUT2D eigenvalue weighted by atomic mass is 19.4. The molecule has 164 valence electrons. The van der Waals surface area contributed by atoms with Gasteiger partial charge in [0.15, 0.2) is 6.23 Å². The van der Waals surface area contributed by atoms with Gasteiger partial charge in [-0.25, -0.2) is 4.79 Å². The number of hydrogen-bond acceptors (Lipinski definition) is 6. The number of methoxy groups -OCH3 is 1. The number of nitrogens with two attached hydrogens (primary N) is 1. The molecule has 2 rings (SSSR count). The van der Waals surface area contributed by atoms with Crippen molar-refractivity contribution in [3.8, 4) is 5.75 Å². The van der Waals surface area contributed by atoms with Crippen LogP contribution >= 0.6 is 0 Å². The summed E-state index contributed by atoms with van der Waals surface area (Å²) in [5.41, 5.74) is 6.43. The van der Waals surface area contributed by atoms with Crippen LogP contribution in [0.2, 0.25) is 0 Å². The molecule has 0 radical (unpaired) electrons. The average Bonchev–Trinajstić information content (AvgIpc) is 2.94. The van der Waals surface area contributed by atoms with Gasteiger partial charge in [0.25, 0.3) is 0 Å². The second-order valence-corrected chi connectivity index (χ2v) is 6.73. The molecule has 11 heteroatoms. The quantitative estimate of drug-likeness (QED) is 0.448. The number of aliphatic carboxylic acids is 1. The number of nitrogens with one attached hydrogen (secondary N) is 1. The van der Waals surface area contributed by atoms with Gasteiger partial charge in [-0.1, -0.05) is 11.6 Å². The Morgan fingerprint density at radius 2 is 1.97 bits per heavy atom. The van der Waals surface area contributed by atoms with Crippen LogP contribution in [0, 0.1) is 6.92 Å². The number of halogens is 3. The fraction of sp³-hybridized carbons (Fsp3) is 0.421. The summed E-state index contributed by atoms with van der Waals surface area (Å²) in [6.45, 7) is 3.23. The molecule has 0 spiro atoms. The molecule has 1 heterocycles. The number of amides is 1. The van der Waals surface area contributed by atoms with E-state index in [1.165, 1.54) is 7.11 Å². The van der Waals surface area contributed by atoms with Crippen LogP contribution in [-0.4, -0.2) is 36.2 Å². The van der Waals surface area contributed by atoms with Crippen molar-refractivity contribution in [2.45, 2.75) is 45.5 Å². The number of carbonyl (C=O) groups is 3. The highest BCUT2D eigenvalue weighted by molar-refractivity contribution is 6.07. The van der Waals surface area contributed by atoms with Gasteiger partial charge in [0.2, 0.25) is 0 Å². The van der Waals surface area contributed by atoms with Gasteiger partial charge in [0.05, 0.1) is 18.4 Å². The first-order chi connectivity index (χ1) is 13.9. The number of anilines is 1. The van der Waals surface area contributed by atoms with Crippen molar-refractivity contribution in [1.29, 1.82) is 0 Å². The van der Waals surface area contributed by atoms with Crippen LogP contribution in [-0.2, 0) is 20.7 Å². The summed E-state index contributed by atoms with van der Waals surface area (Å²) >= 11 is 0. The highest BCUT2D eigenvalue weighted by Crippen LogP contribution is 2.44. The molecule has 0 bridgehead atoms. The fourth-order valence-electron chi connectivity index (χ4n) is 3.21. The summed E-state index contributed by atoms with van der Waals surface area (Å²) in [5, 5.41) is 10.5. The van der Waals surface area contributed by atoms with E-state index in [-0.39, 0.29) is 41.7 Å². The zero-order valence-electron chi connectivity index (χ0n) is 16.5. The Morgan fingerprint density at radius 1 is 1.33 bits per heavy atom. The SMILES string of the molecule is COc1c(C)c2c(c(NC(=O)C(F)(F)F)c1CC=C(C)CCC(=O)O)C(=O)OC2N. The van der Waals surface area contributed by atoms with Crippen molar-refractivity contribution < 1.29 is 42.1 Å². The standard InChI is InChI=1S/C19H21F3N2O6/c1-8(5-7-11(25)26)4-6-10-14(24-18(28)19(20,21)22)13-12(9(2)15(10)29-3)16(23)30-17(13)27/h4,16H,5-7,23H2,1-3H3,(H,24,28)(H,25,26). The minimum Gasteiger partial charge on any atom is -0.496 e. The number of benzene rings is 1. The van der Waals surface area contributed by atoms with Crippen molar-refractivity contribution in [3.05, 3.63) is 33.9 Å². The Labute approximate surface area is 169 Å². The maximum atomic E-state index is 12.9. The Bertz CT molecular complexity index is 924. The first-order valence-electron chi connectivity index (χ1n) is 8.83. The number of carbonyl (C=O) groups excluding carboxylic acids is 2. The summed E-state index contributed by atoms with van der Waals surface area (Å²) in [7, 11) is 1.29. The lowest BCUT2D eigenvalue weighted by molar-refractivity contribution is -0.167. The smallest absolute Gasteiger partial charge is 0.471 e. The molecule has 4 N–H and O–H groups in total. The molecule has 1 atom stereocenters. The zero-order valence-corrected chi connectivity index (χ0v) is 16.5. The van der Waals surface area contributed by atoms with Crippen LogP contribution in [0.1, 0.15) is 53.0 Å². The number of carboxylic acid groups (broad SMARTS) is 1. The zero-order chi connectivity index (χ0) is 22.8. The van der Waals surface area contributed by atoms with Crippen LogP contribution in [0.15, 0.2) is 11.6 Å². The highest BCUT2D eigenvalue weighted by Gasteiger charge is 2.42. The summed E-state index contributed by atoms with van der Waals surface area (Å²) in [5.74, 6) is -4.09. The number of allylic oxidation sites excluding steroid dienone is 2. The van der Waals surface area contributed by atoms with Crippen molar-refractivity contribution >= 4 is 23.5 Å². The van der Waals surface area contributed by atoms with Crippen LogP contribution in [0.5, 0.6) is 5.75 Å². The van der Waals surface area contributed by atoms with E-state index in [1.807, 2.05) is 0 Å². The first kappa shape index (κ1) is 23.2. The van der Waals surface area contributed by atoms with Gasteiger partial charge < -0.3 is 19.9 Å². The van der Waals surface area contributed by atoms with Gasteiger partial charge in [-0.3, -0.25) is 15.3 Å². The second kappa shape index (κ2) is 8.74. The number of carboxylic acids is 1. The van der Waals surface area contributed by atoms with Gasteiger partial charge in [-0.15, -0.1) is 0 Å². The van der Waals surface area contributed by atoms with E-state index in [4.69, 9.17) is 20.3 Å².